The lowest BCUT2D eigenvalue weighted by molar-refractivity contribution is 0.0696. The molecule has 1 aliphatic rings. The molecule has 1 aliphatic carbocycles. The second kappa shape index (κ2) is 6.18. The van der Waals surface area contributed by atoms with Crippen molar-refractivity contribution in [3.05, 3.63) is 29.3 Å². The quantitative estimate of drug-likeness (QED) is 0.924. The number of benzene rings is 1. The number of rotatable bonds is 4. The first kappa shape index (κ1) is 16.0. The van der Waals surface area contributed by atoms with Gasteiger partial charge < -0.3 is 5.11 Å². The lowest BCUT2D eigenvalue weighted by Gasteiger charge is -2.28. The lowest BCUT2D eigenvalue weighted by Crippen LogP contribution is -2.28. The summed E-state index contributed by atoms with van der Waals surface area (Å²) in [5.74, 6) is -0.623. The van der Waals surface area contributed by atoms with E-state index in [1.807, 2.05) is 0 Å². The molecule has 1 aromatic rings. The van der Waals surface area contributed by atoms with Gasteiger partial charge in [-0.25, -0.2) is 13.2 Å². The second-order valence-corrected chi connectivity index (χ2v) is 8.12. The summed E-state index contributed by atoms with van der Waals surface area (Å²) in [7, 11) is -3.44. The van der Waals surface area contributed by atoms with Gasteiger partial charge in [0.2, 0.25) is 0 Å². The third-order valence-corrected chi connectivity index (χ3v) is 6.74. The minimum Gasteiger partial charge on any atom is -0.478 e. The van der Waals surface area contributed by atoms with E-state index >= 15 is 0 Å². The predicted molar refractivity (Wildman–Crippen MR) is 81.4 cm³/mol. The van der Waals surface area contributed by atoms with Crippen LogP contribution in [0.1, 0.15) is 54.9 Å². The summed E-state index contributed by atoms with van der Waals surface area (Å²) in [5.41, 5.74) is 0.649. The molecule has 2 unspecified atom stereocenters. The molecule has 2 rings (SSSR count). The number of carbonyl (C=O) groups is 1. The maximum absolute atomic E-state index is 12.7. The van der Waals surface area contributed by atoms with Crippen LogP contribution in [0.25, 0.3) is 0 Å². The van der Waals surface area contributed by atoms with Gasteiger partial charge in [0, 0.05) is 0 Å². The molecule has 1 aromatic carbocycles. The Morgan fingerprint density at radius 1 is 1.33 bits per heavy atom. The van der Waals surface area contributed by atoms with Crippen LogP contribution in [0.3, 0.4) is 0 Å². The highest BCUT2D eigenvalue weighted by Crippen LogP contribution is 2.34. The summed E-state index contributed by atoms with van der Waals surface area (Å²) in [6, 6.07) is 4.42. The predicted octanol–water partition coefficient (Wildman–Crippen LogP) is 3.44. The van der Waals surface area contributed by atoms with Crippen molar-refractivity contribution in [3.8, 4) is 0 Å². The smallest absolute Gasteiger partial charge is 0.335 e. The number of sulfone groups is 1. The molecular weight excluding hydrogens is 288 g/mol. The first-order valence-electron chi connectivity index (χ1n) is 7.44. The highest BCUT2D eigenvalue weighted by molar-refractivity contribution is 7.92. The van der Waals surface area contributed by atoms with Crippen molar-refractivity contribution in [1.82, 2.24) is 0 Å². The standard InChI is InChI=1S/C16H22O4S/c1-3-12-5-4-6-13(9-12)21(19,20)14-8-7-11(2)15(10-14)16(17)18/h7-8,10,12-13H,3-6,9H2,1-2H3,(H,17,18). The molecule has 1 fully saturated rings. The third-order valence-electron chi connectivity index (χ3n) is 4.52. The van der Waals surface area contributed by atoms with Gasteiger partial charge in [0.05, 0.1) is 15.7 Å². The number of hydrogen-bond acceptors (Lipinski definition) is 3. The molecule has 1 saturated carbocycles. The van der Waals surface area contributed by atoms with Crippen LogP contribution in [-0.2, 0) is 9.84 Å². The van der Waals surface area contributed by atoms with Gasteiger partial charge in [0.25, 0.3) is 0 Å². The van der Waals surface area contributed by atoms with Crippen LogP contribution in [0.4, 0.5) is 0 Å². The number of carboxylic acid groups (broad SMARTS) is 1. The Morgan fingerprint density at radius 2 is 2.05 bits per heavy atom. The number of aryl methyl sites for hydroxylation is 1. The summed E-state index contributed by atoms with van der Waals surface area (Å²) in [6.07, 6.45) is 4.39. The second-order valence-electron chi connectivity index (χ2n) is 5.89. The van der Waals surface area contributed by atoms with Gasteiger partial charge in [-0.2, -0.15) is 0 Å². The highest BCUT2D eigenvalue weighted by atomic mass is 32.2. The molecule has 0 radical (unpaired) electrons. The SMILES string of the molecule is CCC1CCCC(S(=O)(=O)c2ccc(C)c(C(=O)O)c2)C1. The molecule has 1 N–H and O–H groups in total. The summed E-state index contributed by atoms with van der Waals surface area (Å²) >= 11 is 0. The van der Waals surface area contributed by atoms with Crippen molar-refractivity contribution in [2.45, 2.75) is 56.1 Å². The van der Waals surface area contributed by atoms with E-state index in [1.165, 1.54) is 12.1 Å². The summed E-state index contributed by atoms with van der Waals surface area (Å²) in [6.45, 7) is 3.77. The van der Waals surface area contributed by atoms with Gasteiger partial charge in [-0.3, -0.25) is 0 Å². The number of carboxylic acids is 1. The van der Waals surface area contributed by atoms with Crippen LogP contribution in [0, 0.1) is 12.8 Å². The Hall–Kier alpha value is -1.36. The molecule has 4 nitrogen and oxygen atoms in total. The van der Waals surface area contributed by atoms with Crippen molar-refractivity contribution >= 4 is 15.8 Å². The summed E-state index contributed by atoms with van der Waals surface area (Å²) < 4.78 is 25.5. The van der Waals surface area contributed by atoms with E-state index in [0.717, 1.165) is 19.3 Å². The molecule has 0 saturated heterocycles. The summed E-state index contributed by atoms with van der Waals surface area (Å²) in [5, 5.41) is 8.78. The molecule has 0 amide bonds. The van der Waals surface area contributed by atoms with Crippen molar-refractivity contribution in [3.63, 3.8) is 0 Å². The zero-order valence-electron chi connectivity index (χ0n) is 12.5. The van der Waals surface area contributed by atoms with Crippen LogP contribution in [-0.4, -0.2) is 24.7 Å². The van der Waals surface area contributed by atoms with Crippen molar-refractivity contribution in [2.75, 3.05) is 0 Å². The Morgan fingerprint density at radius 3 is 2.67 bits per heavy atom. The van der Waals surface area contributed by atoms with Crippen LogP contribution < -0.4 is 0 Å². The van der Waals surface area contributed by atoms with E-state index in [0.29, 0.717) is 24.3 Å². The van der Waals surface area contributed by atoms with E-state index < -0.39 is 15.8 Å². The van der Waals surface area contributed by atoms with Gasteiger partial charge in [0.15, 0.2) is 9.84 Å². The van der Waals surface area contributed by atoms with E-state index in [2.05, 4.69) is 6.92 Å². The summed E-state index contributed by atoms with van der Waals surface area (Å²) in [4.78, 5) is 11.3. The fourth-order valence-electron chi connectivity index (χ4n) is 3.10. The fraction of sp³-hybridized carbons (Fsp3) is 0.562. The molecule has 116 valence electrons. The zero-order chi connectivity index (χ0) is 15.6. The molecule has 0 heterocycles. The zero-order valence-corrected chi connectivity index (χ0v) is 13.3. The van der Waals surface area contributed by atoms with E-state index in [-0.39, 0.29) is 15.7 Å². The first-order valence-corrected chi connectivity index (χ1v) is 8.98. The highest BCUT2D eigenvalue weighted by Gasteiger charge is 2.32. The molecule has 5 heteroatoms. The van der Waals surface area contributed by atoms with E-state index in [9.17, 15) is 13.2 Å². The van der Waals surface area contributed by atoms with Crippen LogP contribution in [0.2, 0.25) is 0 Å². The lowest BCUT2D eigenvalue weighted by atomic mass is 9.87. The van der Waals surface area contributed by atoms with Gasteiger partial charge in [0.1, 0.15) is 0 Å². The normalized spacial score (nSPS) is 23.0. The minimum atomic E-state index is -3.44. The monoisotopic (exact) mass is 310 g/mol. The van der Waals surface area contributed by atoms with Crippen LogP contribution in [0.5, 0.6) is 0 Å². The molecular formula is C16H22O4S. The third kappa shape index (κ3) is 3.28. The van der Waals surface area contributed by atoms with Crippen LogP contribution in [0.15, 0.2) is 23.1 Å². The van der Waals surface area contributed by atoms with Gasteiger partial charge >= 0.3 is 5.97 Å². The molecule has 2 atom stereocenters. The topological polar surface area (TPSA) is 71.4 Å². The largest absolute Gasteiger partial charge is 0.478 e. The van der Waals surface area contributed by atoms with Gasteiger partial charge in [-0.1, -0.05) is 32.3 Å². The maximum atomic E-state index is 12.7. The molecule has 0 spiro atoms. The molecule has 0 aromatic heterocycles. The first-order chi connectivity index (χ1) is 9.86. The molecule has 0 bridgehead atoms. The average molecular weight is 310 g/mol. The van der Waals surface area contributed by atoms with Crippen molar-refractivity contribution < 1.29 is 18.3 Å². The Bertz CT molecular complexity index is 634. The van der Waals surface area contributed by atoms with Crippen LogP contribution >= 0.6 is 0 Å². The fourth-order valence-corrected chi connectivity index (χ4v) is 5.02. The Kier molecular flexibility index (Phi) is 4.71. The van der Waals surface area contributed by atoms with Gasteiger partial charge in [-0.15, -0.1) is 0 Å². The number of aromatic carboxylic acids is 1. The molecule has 21 heavy (non-hydrogen) atoms. The maximum Gasteiger partial charge on any atom is 0.335 e. The van der Waals surface area contributed by atoms with E-state index in [1.54, 1.807) is 13.0 Å². The van der Waals surface area contributed by atoms with Crippen molar-refractivity contribution in [2.24, 2.45) is 5.92 Å². The van der Waals surface area contributed by atoms with E-state index in [4.69, 9.17) is 5.11 Å². The Labute approximate surface area is 126 Å². The molecule has 0 aliphatic heterocycles. The average Bonchev–Trinajstić information content (AvgIpc) is 2.47. The van der Waals surface area contributed by atoms with Gasteiger partial charge in [-0.05, 0) is 43.4 Å². The Balaban J connectivity index is 2.35. The van der Waals surface area contributed by atoms with Crippen molar-refractivity contribution in [1.29, 1.82) is 0 Å². The number of hydrogen-bond donors (Lipinski definition) is 1. The minimum absolute atomic E-state index is 0.0684.